The monoisotopic (exact) mass is 672 g/mol. The van der Waals surface area contributed by atoms with E-state index in [0.717, 1.165) is 38.0 Å². The molecule has 46 heavy (non-hydrogen) atoms. The number of esters is 2. The van der Waals surface area contributed by atoms with E-state index in [1.807, 2.05) is 12.2 Å². The number of aliphatic hydroxyl groups excluding tert-OH is 1. The molecule has 0 bridgehead atoms. The topological polar surface area (TPSA) is 140 Å². The lowest BCUT2D eigenvalue weighted by Crippen LogP contribution is -2.29. The van der Waals surface area contributed by atoms with Crippen molar-refractivity contribution in [2.24, 2.45) is 5.92 Å². The van der Waals surface area contributed by atoms with Crippen molar-refractivity contribution in [3.05, 3.63) is 36.5 Å². The van der Waals surface area contributed by atoms with Crippen molar-refractivity contribution in [2.45, 2.75) is 161 Å². The lowest BCUT2D eigenvalue weighted by atomic mass is 10.0. The first kappa shape index (κ1) is 44.2. The van der Waals surface area contributed by atoms with Crippen LogP contribution in [0.15, 0.2) is 36.5 Å². The van der Waals surface area contributed by atoms with Crippen LogP contribution in [0.3, 0.4) is 0 Å². The van der Waals surface area contributed by atoms with Gasteiger partial charge in [0.05, 0.1) is 12.7 Å². The van der Waals surface area contributed by atoms with Gasteiger partial charge in [-0.3, -0.25) is 14.1 Å². The molecule has 0 saturated heterocycles. The van der Waals surface area contributed by atoms with Crippen molar-refractivity contribution in [3.8, 4) is 0 Å². The van der Waals surface area contributed by atoms with Crippen molar-refractivity contribution in [1.29, 1.82) is 0 Å². The van der Waals surface area contributed by atoms with E-state index in [0.29, 0.717) is 19.3 Å². The van der Waals surface area contributed by atoms with E-state index in [1.54, 1.807) is 12.2 Å². The van der Waals surface area contributed by atoms with Crippen LogP contribution < -0.4 is 0 Å². The van der Waals surface area contributed by atoms with Gasteiger partial charge in [-0.25, -0.2) is 4.57 Å². The number of hydrogen-bond donors (Lipinski definition) is 3. The maximum Gasteiger partial charge on any atom is 0.469 e. The van der Waals surface area contributed by atoms with Gasteiger partial charge in [0.25, 0.3) is 0 Å². The zero-order valence-corrected chi connectivity index (χ0v) is 29.9. The first-order valence-corrected chi connectivity index (χ1v) is 19.3. The molecule has 0 aliphatic carbocycles. The Bertz CT molecular complexity index is 879. The largest absolute Gasteiger partial charge is 0.469 e. The third-order valence-corrected chi connectivity index (χ3v) is 7.93. The highest BCUT2D eigenvalue weighted by atomic mass is 31.2. The van der Waals surface area contributed by atoms with Crippen LogP contribution in [0.5, 0.6) is 0 Å². The number of phosphoric ester groups is 1. The van der Waals surface area contributed by atoms with Gasteiger partial charge in [0.1, 0.15) is 6.61 Å². The molecule has 268 valence electrons. The highest BCUT2D eigenvalue weighted by Crippen LogP contribution is 2.36. The van der Waals surface area contributed by atoms with Crippen molar-refractivity contribution in [1.82, 2.24) is 0 Å². The fraction of sp³-hybridized carbons (Fsp3) is 0.778. The molecule has 3 N–H and O–H groups in total. The van der Waals surface area contributed by atoms with Gasteiger partial charge in [0, 0.05) is 12.8 Å². The Labute approximate surface area is 279 Å². The number of phosphoric acid groups is 1. The number of ether oxygens (including phenoxy) is 2. The predicted octanol–water partition coefficient (Wildman–Crippen LogP) is 9.06. The van der Waals surface area contributed by atoms with E-state index in [9.17, 15) is 19.3 Å². The molecule has 2 atom stereocenters. The molecule has 1 unspecified atom stereocenters. The van der Waals surface area contributed by atoms with Crippen molar-refractivity contribution in [3.63, 3.8) is 0 Å². The predicted molar refractivity (Wildman–Crippen MR) is 185 cm³/mol. The summed E-state index contributed by atoms with van der Waals surface area (Å²) in [7, 11) is -4.79. The van der Waals surface area contributed by atoms with Gasteiger partial charge in [0.2, 0.25) is 0 Å². The molecular formula is C36H65O9P. The molecule has 0 aromatic heterocycles. The molecule has 0 aliphatic heterocycles. The van der Waals surface area contributed by atoms with Crippen LogP contribution in [0.25, 0.3) is 0 Å². The fourth-order valence-corrected chi connectivity index (χ4v) is 5.10. The van der Waals surface area contributed by atoms with Crippen LogP contribution in [0.1, 0.15) is 149 Å². The maximum atomic E-state index is 12.3. The number of carbonyl (C=O) groups excluding carboxylic acids is 2. The first-order valence-electron chi connectivity index (χ1n) is 17.7. The van der Waals surface area contributed by atoms with Crippen LogP contribution in [-0.2, 0) is 28.2 Å². The smallest absolute Gasteiger partial charge is 0.462 e. The third-order valence-electron chi connectivity index (χ3n) is 7.44. The van der Waals surface area contributed by atoms with Gasteiger partial charge in [-0.15, -0.1) is 0 Å². The van der Waals surface area contributed by atoms with Crippen molar-refractivity contribution in [2.75, 3.05) is 13.2 Å². The lowest BCUT2D eigenvalue weighted by Gasteiger charge is -2.18. The Kier molecular flexibility index (Phi) is 29.4. The van der Waals surface area contributed by atoms with E-state index < -0.39 is 38.6 Å². The standard InChI is InChI=1S/C36H65O9P/c1-4-5-6-7-8-9-10-11-12-13-16-19-22-26-33(37)27-24-29-35(38)43-30-34(31-44-46(40,41)42)45-36(39)28-23-20-17-14-15-18-21-25-32(2)3/h11-12,16,19,22,26,32-34,37H,4-10,13-15,17-18,20-21,23-25,27-31H2,1-3H3,(H2,40,41,42)/b12-11+,19-16+,26-22+/t33?,34-/m1/s1. The molecular weight excluding hydrogens is 607 g/mol. The van der Waals surface area contributed by atoms with Gasteiger partial charge >= 0.3 is 19.8 Å². The maximum absolute atomic E-state index is 12.3. The van der Waals surface area contributed by atoms with E-state index in [2.05, 4.69) is 37.4 Å². The van der Waals surface area contributed by atoms with Crippen LogP contribution in [-0.4, -0.2) is 52.3 Å². The Morgan fingerprint density at radius 1 is 0.717 bits per heavy atom. The average Bonchev–Trinajstić information content (AvgIpc) is 2.99. The lowest BCUT2D eigenvalue weighted by molar-refractivity contribution is -0.161. The number of carbonyl (C=O) groups is 2. The summed E-state index contributed by atoms with van der Waals surface area (Å²) in [5, 5.41) is 10.1. The Balaban J connectivity index is 4.20. The molecule has 0 aliphatic rings. The van der Waals surface area contributed by atoms with Gasteiger partial charge in [-0.05, 0) is 44.4 Å². The third kappa shape index (κ3) is 33.6. The summed E-state index contributed by atoms with van der Waals surface area (Å²) in [6.45, 7) is 5.73. The van der Waals surface area contributed by atoms with Crippen molar-refractivity contribution < 1.29 is 43.0 Å². The van der Waals surface area contributed by atoms with E-state index >= 15 is 0 Å². The molecule has 0 fully saturated rings. The first-order chi connectivity index (χ1) is 22.0. The van der Waals surface area contributed by atoms with E-state index in [4.69, 9.17) is 19.3 Å². The minimum absolute atomic E-state index is 0.0433. The molecule has 0 heterocycles. The summed E-state index contributed by atoms with van der Waals surface area (Å²) in [5.74, 6) is -0.350. The Morgan fingerprint density at radius 3 is 2.02 bits per heavy atom. The summed E-state index contributed by atoms with van der Waals surface area (Å²) in [6.07, 6.45) is 29.3. The normalized spacial score (nSPS) is 13.7. The van der Waals surface area contributed by atoms with Gasteiger partial charge < -0.3 is 24.4 Å². The molecule has 0 aromatic rings. The Hall–Kier alpha value is -1.77. The quantitative estimate of drug-likeness (QED) is 0.0216. The Morgan fingerprint density at radius 2 is 1.35 bits per heavy atom. The molecule has 0 rings (SSSR count). The summed E-state index contributed by atoms with van der Waals surface area (Å²) >= 11 is 0. The van der Waals surface area contributed by atoms with E-state index in [-0.39, 0.29) is 19.4 Å². The number of unbranched alkanes of at least 4 members (excludes halogenated alkanes) is 12. The van der Waals surface area contributed by atoms with Crippen LogP contribution >= 0.6 is 7.82 Å². The second-order valence-corrected chi connectivity index (χ2v) is 13.8. The minimum Gasteiger partial charge on any atom is -0.462 e. The summed E-state index contributed by atoms with van der Waals surface area (Å²) in [5.41, 5.74) is 0. The summed E-state index contributed by atoms with van der Waals surface area (Å²) < 4.78 is 26.1. The second-order valence-electron chi connectivity index (χ2n) is 12.5. The zero-order chi connectivity index (χ0) is 34.3. The van der Waals surface area contributed by atoms with Crippen LogP contribution in [0, 0.1) is 5.92 Å². The number of aliphatic hydroxyl groups is 1. The number of rotatable bonds is 31. The van der Waals surface area contributed by atoms with E-state index in [1.165, 1.54) is 64.2 Å². The van der Waals surface area contributed by atoms with Gasteiger partial charge in [-0.1, -0.05) is 134 Å². The average molecular weight is 673 g/mol. The molecule has 0 saturated carbocycles. The zero-order valence-electron chi connectivity index (χ0n) is 29.0. The molecule has 0 radical (unpaired) electrons. The molecule has 0 aromatic carbocycles. The molecule has 0 spiro atoms. The highest BCUT2D eigenvalue weighted by Gasteiger charge is 2.23. The molecule has 9 nitrogen and oxygen atoms in total. The SMILES string of the molecule is CCCCCCCC/C=C/C/C=C/C=C/C(O)CCCC(=O)OC[C@H](COP(=O)(O)O)OC(=O)CCCCCCCCCC(C)C. The van der Waals surface area contributed by atoms with Crippen LogP contribution in [0.4, 0.5) is 0 Å². The fourth-order valence-electron chi connectivity index (χ4n) is 4.74. The highest BCUT2D eigenvalue weighted by molar-refractivity contribution is 7.46. The van der Waals surface area contributed by atoms with Crippen LogP contribution in [0.2, 0.25) is 0 Å². The molecule has 0 amide bonds. The summed E-state index contributed by atoms with van der Waals surface area (Å²) in [4.78, 5) is 42.5. The van der Waals surface area contributed by atoms with Gasteiger partial charge in [0.15, 0.2) is 6.10 Å². The minimum atomic E-state index is -4.79. The van der Waals surface area contributed by atoms with Crippen molar-refractivity contribution >= 4 is 19.8 Å². The molecule has 10 heteroatoms. The number of hydrogen-bond acceptors (Lipinski definition) is 7. The second kappa shape index (κ2) is 30.6. The van der Waals surface area contributed by atoms with Gasteiger partial charge in [-0.2, -0.15) is 0 Å². The number of allylic oxidation sites excluding steroid dienone is 5. The summed E-state index contributed by atoms with van der Waals surface area (Å²) in [6, 6.07) is 0.